The molecule has 0 atom stereocenters. The number of carbonyl (C=O) groups is 1. The summed E-state index contributed by atoms with van der Waals surface area (Å²) in [6, 6.07) is 19.2. The summed E-state index contributed by atoms with van der Waals surface area (Å²) in [5.41, 5.74) is 5.06. The fraction of sp³-hybridized carbons (Fsp3) is 0.208. The van der Waals surface area contributed by atoms with Gasteiger partial charge in [-0.05, 0) is 79.1 Å². The molecule has 0 fully saturated rings. The van der Waals surface area contributed by atoms with Crippen molar-refractivity contribution in [1.82, 2.24) is 5.32 Å². The van der Waals surface area contributed by atoms with Crippen LogP contribution in [-0.2, 0) is 16.6 Å². The minimum absolute atomic E-state index is 0.0987. The molecule has 0 aliphatic carbocycles. The second-order valence-corrected chi connectivity index (χ2v) is 9.35. The molecule has 0 saturated carbocycles. The van der Waals surface area contributed by atoms with E-state index < -0.39 is 10.0 Å². The second-order valence-electron chi connectivity index (χ2n) is 7.67. The molecule has 0 heterocycles. The van der Waals surface area contributed by atoms with Crippen LogP contribution in [0, 0.1) is 13.8 Å². The molecule has 0 spiro atoms. The molecular weight excluding hydrogens is 410 g/mol. The molecule has 3 rings (SSSR count). The van der Waals surface area contributed by atoms with E-state index in [9.17, 15) is 13.2 Å². The molecule has 7 heteroatoms. The number of rotatable bonds is 7. The van der Waals surface area contributed by atoms with Crippen LogP contribution in [-0.4, -0.2) is 28.4 Å². The first-order valence-electron chi connectivity index (χ1n) is 9.90. The Morgan fingerprint density at radius 2 is 1.52 bits per heavy atom. The number of benzene rings is 3. The Morgan fingerprint density at radius 1 is 0.871 bits per heavy atom. The SMILES string of the molecule is Cc1ccc(NS(=O)(=O)c2ccc(C(=O)NCc3ccc(N(C)C)cc3)cc2)cc1C. The van der Waals surface area contributed by atoms with Gasteiger partial charge in [0, 0.05) is 37.6 Å². The van der Waals surface area contributed by atoms with Gasteiger partial charge in [0.15, 0.2) is 0 Å². The second kappa shape index (κ2) is 9.22. The summed E-state index contributed by atoms with van der Waals surface area (Å²) in [4.78, 5) is 14.5. The number of anilines is 2. The van der Waals surface area contributed by atoms with Crippen LogP contribution in [0.2, 0.25) is 0 Å². The largest absolute Gasteiger partial charge is 0.378 e. The van der Waals surface area contributed by atoms with Crippen LogP contribution in [0.1, 0.15) is 27.0 Å². The van der Waals surface area contributed by atoms with Gasteiger partial charge in [-0.15, -0.1) is 0 Å². The van der Waals surface area contributed by atoms with Crippen molar-refractivity contribution in [2.75, 3.05) is 23.7 Å². The van der Waals surface area contributed by atoms with E-state index >= 15 is 0 Å². The molecular formula is C24H27N3O3S. The lowest BCUT2D eigenvalue weighted by Crippen LogP contribution is -2.23. The fourth-order valence-corrected chi connectivity index (χ4v) is 4.05. The van der Waals surface area contributed by atoms with Crippen LogP contribution >= 0.6 is 0 Å². The van der Waals surface area contributed by atoms with Gasteiger partial charge in [0.1, 0.15) is 0 Å². The zero-order valence-electron chi connectivity index (χ0n) is 18.1. The Morgan fingerprint density at radius 3 is 2.10 bits per heavy atom. The van der Waals surface area contributed by atoms with E-state index in [2.05, 4.69) is 10.0 Å². The van der Waals surface area contributed by atoms with E-state index in [0.717, 1.165) is 22.4 Å². The van der Waals surface area contributed by atoms with E-state index in [1.165, 1.54) is 24.3 Å². The minimum atomic E-state index is -3.74. The predicted molar refractivity (Wildman–Crippen MR) is 125 cm³/mol. The third-order valence-electron chi connectivity index (χ3n) is 5.09. The Kier molecular flexibility index (Phi) is 6.65. The third kappa shape index (κ3) is 5.64. The number of hydrogen-bond donors (Lipinski definition) is 2. The summed E-state index contributed by atoms with van der Waals surface area (Å²) in [6.45, 7) is 4.29. The number of aryl methyl sites for hydroxylation is 2. The van der Waals surface area contributed by atoms with Crippen molar-refractivity contribution >= 4 is 27.3 Å². The van der Waals surface area contributed by atoms with Crippen molar-refractivity contribution in [2.24, 2.45) is 0 Å². The summed E-state index contributed by atoms with van der Waals surface area (Å²) in [5.74, 6) is -0.261. The van der Waals surface area contributed by atoms with Gasteiger partial charge in [-0.25, -0.2) is 8.42 Å². The van der Waals surface area contributed by atoms with Gasteiger partial charge in [-0.2, -0.15) is 0 Å². The monoisotopic (exact) mass is 437 g/mol. The highest BCUT2D eigenvalue weighted by Gasteiger charge is 2.15. The van der Waals surface area contributed by atoms with Gasteiger partial charge in [0.05, 0.1) is 4.90 Å². The topological polar surface area (TPSA) is 78.5 Å². The number of sulfonamides is 1. The number of hydrogen-bond acceptors (Lipinski definition) is 4. The first-order chi connectivity index (χ1) is 14.7. The van der Waals surface area contributed by atoms with Crippen LogP contribution in [0.4, 0.5) is 11.4 Å². The molecule has 162 valence electrons. The van der Waals surface area contributed by atoms with Gasteiger partial charge in [-0.3, -0.25) is 9.52 Å². The average molecular weight is 438 g/mol. The molecule has 0 radical (unpaired) electrons. The lowest BCUT2D eigenvalue weighted by molar-refractivity contribution is 0.0951. The molecule has 6 nitrogen and oxygen atoms in total. The van der Waals surface area contributed by atoms with Crippen molar-refractivity contribution in [2.45, 2.75) is 25.3 Å². The maximum absolute atomic E-state index is 12.6. The first-order valence-corrected chi connectivity index (χ1v) is 11.4. The van der Waals surface area contributed by atoms with Crippen LogP contribution in [0.25, 0.3) is 0 Å². The number of nitrogens with one attached hydrogen (secondary N) is 2. The molecule has 1 amide bonds. The van der Waals surface area contributed by atoms with Crippen molar-refractivity contribution in [3.8, 4) is 0 Å². The van der Waals surface area contributed by atoms with Gasteiger partial charge in [0.25, 0.3) is 15.9 Å². The summed E-state index contributed by atoms with van der Waals surface area (Å²) >= 11 is 0. The van der Waals surface area contributed by atoms with Crippen molar-refractivity contribution in [3.05, 3.63) is 89.0 Å². The number of amides is 1. The van der Waals surface area contributed by atoms with Gasteiger partial charge in [0.2, 0.25) is 0 Å². The van der Waals surface area contributed by atoms with Crippen molar-refractivity contribution in [3.63, 3.8) is 0 Å². The van der Waals surface area contributed by atoms with Gasteiger partial charge >= 0.3 is 0 Å². The Bertz CT molecular complexity index is 1170. The predicted octanol–water partition coefficient (Wildman–Crippen LogP) is 4.10. The van der Waals surface area contributed by atoms with Crippen LogP contribution < -0.4 is 14.9 Å². The highest BCUT2D eigenvalue weighted by molar-refractivity contribution is 7.92. The van der Waals surface area contributed by atoms with Gasteiger partial charge in [-0.1, -0.05) is 18.2 Å². The maximum atomic E-state index is 12.6. The zero-order chi connectivity index (χ0) is 22.6. The fourth-order valence-electron chi connectivity index (χ4n) is 3.00. The Labute approximate surface area is 184 Å². The smallest absolute Gasteiger partial charge is 0.261 e. The molecule has 3 aromatic rings. The molecule has 2 N–H and O–H groups in total. The van der Waals surface area contributed by atoms with E-state index in [0.29, 0.717) is 17.8 Å². The molecule has 0 saturated heterocycles. The highest BCUT2D eigenvalue weighted by atomic mass is 32.2. The van der Waals surface area contributed by atoms with Crippen LogP contribution in [0.5, 0.6) is 0 Å². The Balaban J connectivity index is 1.64. The minimum Gasteiger partial charge on any atom is -0.378 e. The standard InChI is InChI=1S/C24H27N3O3S/c1-17-5-10-21(15-18(17)2)26-31(29,30)23-13-8-20(9-14-23)24(28)25-16-19-6-11-22(12-7-19)27(3)4/h5-15,26H,16H2,1-4H3,(H,25,28). The summed E-state index contributed by atoms with van der Waals surface area (Å²) in [7, 11) is 0.203. The molecule has 0 aliphatic rings. The summed E-state index contributed by atoms with van der Waals surface area (Å²) in [6.07, 6.45) is 0. The molecule has 31 heavy (non-hydrogen) atoms. The lowest BCUT2D eigenvalue weighted by Gasteiger charge is -2.13. The average Bonchev–Trinajstić information content (AvgIpc) is 2.75. The van der Waals surface area contributed by atoms with Gasteiger partial charge < -0.3 is 10.2 Å². The van der Waals surface area contributed by atoms with Crippen LogP contribution in [0.15, 0.2) is 71.6 Å². The first kappa shape index (κ1) is 22.4. The maximum Gasteiger partial charge on any atom is 0.261 e. The molecule has 0 aromatic heterocycles. The van der Waals surface area contributed by atoms with E-state index in [1.807, 2.05) is 63.2 Å². The lowest BCUT2D eigenvalue weighted by atomic mass is 10.1. The van der Waals surface area contributed by atoms with E-state index in [-0.39, 0.29) is 10.8 Å². The molecule has 0 aliphatic heterocycles. The third-order valence-corrected chi connectivity index (χ3v) is 6.49. The zero-order valence-corrected chi connectivity index (χ0v) is 19.0. The number of carbonyl (C=O) groups excluding carboxylic acids is 1. The van der Waals surface area contributed by atoms with Crippen molar-refractivity contribution in [1.29, 1.82) is 0 Å². The van der Waals surface area contributed by atoms with Crippen molar-refractivity contribution < 1.29 is 13.2 Å². The molecule has 0 bridgehead atoms. The quantitative estimate of drug-likeness (QED) is 0.583. The summed E-state index contributed by atoms with van der Waals surface area (Å²) < 4.78 is 27.9. The number of nitrogens with zero attached hydrogens (tertiary/aromatic N) is 1. The van der Waals surface area contributed by atoms with E-state index in [1.54, 1.807) is 12.1 Å². The van der Waals surface area contributed by atoms with Crippen LogP contribution in [0.3, 0.4) is 0 Å². The highest BCUT2D eigenvalue weighted by Crippen LogP contribution is 2.19. The van der Waals surface area contributed by atoms with E-state index in [4.69, 9.17) is 0 Å². The molecule has 3 aromatic carbocycles. The molecule has 0 unspecified atom stereocenters. The Hall–Kier alpha value is -3.32. The normalized spacial score (nSPS) is 11.1. The summed E-state index contributed by atoms with van der Waals surface area (Å²) in [5, 5.41) is 2.86.